The molecular formula is C19H14N4O7. The molecule has 0 atom stereocenters. The van der Waals surface area contributed by atoms with Crippen molar-refractivity contribution in [3.63, 3.8) is 0 Å². The van der Waals surface area contributed by atoms with E-state index in [-0.39, 0.29) is 22.5 Å². The minimum Gasteiger partial charge on any atom is -0.311 e. The van der Waals surface area contributed by atoms with Crippen LogP contribution in [0.1, 0.15) is 32.7 Å². The molecule has 11 nitrogen and oxygen atoms in total. The Morgan fingerprint density at radius 2 is 1.57 bits per heavy atom. The van der Waals surface area contributed by atoms with Gasteiger partial charge in [-0.15, -0.1) is 0 Å². The lowest BCUT2D eigenvalue weighted by Gasteiger charge is -2.30. The van der Waals surface area contributed by atoms with Crippen LogP contribution in [-0.2, 0) is 11.2 Å². The molecule has 0 aromatic heterocycles. The predicted octanol–water partition coefficient (Wildman–Crippen LogP) is 2.08. The summed E-state index contributed by atoms with van der Waals surface area (Å²) in [6.07, 6.45) is 1.14. The summed E-state index contributed by atoms with van der Waals surface area (Å²) in [5, 5.41) is 21.9. The largest absolute Gasteiger partial charge is 0.311 e. The summed E-state index contributed by atoms with van der Waals surface area (Å²) < 4.78 is 0. The molecule has 0 spiro atoms. The Morgan fingerprint density at radius 1 is 0.933 bits per heavy atom. The van der Waals surface area contributed by atoms with E-state index in [0.717, 1.165) is 17.0 Å². The van der Waals surface area contributed by atoms with E-state index >= 15 is 0 Å². The highest BCUT2D eigenvalue weighted by Crippen LogP contribution is 2.31. The molecule has 0 saturated heterocycles. The summed E-state index contributed by atoms with van der Waals surface area (Å²) >= 11 is 0. The van der Waals surface area contributed by atoms with Gasteiger partial charge in [0.05, 0.1) is 21.0 Å². The quantitative estimate of drug-likeness (QED) is 0.426. The van der Waals surface area contributed by atoms with Crippen LogP contribution in [0.4, 0.5) is 17.1 Å². The molecule has 11 heteroatoms. The summed E-state index contributed by atoms with van der Waals surface area (Å²) in [5.74, 6) is -1.99. The molecule has 4 rings (SSSR count). The number of carbonyl (C=O) groups is 3. The maximum Gasteiger partial charge on any atom is 0.270 e. The Labute approximate surface area is 168 Å². The number of hydrogen-bond donors (Lipinski definition) is 0. The second-order valence-corrected chi connectivity index (χ2v) is 6.90. The van der Waals surface area contributed by atoms with Gasteiger partial charge in [0.25, 0.3) is 23.2 Å². The van der Waals surface area contributed by atoms with E-state index in [9.17, 15) is 34.6 Å². The topological polar surface area (TPSA) is 144 Å². The van der Waals surface area contributed by atoms with Crippen molar-refractivity contribution in [2.24, 2.45) is 0 Å². The molecule has 0 aliphatic carbocycles. The molecule has 2 aliphatic rings. The average molecular weight is 410 g/mol. The summed E-state index contributed by atoms with van der Waals surface area (Å²) in [5.41, 5.74) is 0.634. The van der Waals surface area contributed by atoms with Gasteiger partial charge in [-0.1, -0.05) is 0 Å². The smallest absolute Gasteiger partial charge is 0.270 e. The monoisotopic (exact) mass is 410 g/mol. The van der Waals surface area contributed by atoms with E-state index < -0.39 is 34.1 Å². The molecule has 152 valence electrons. The fourth-order valence-electron chi connectivity index (χ4n) is 3.71. The van der Waals surface area contributed by atoms with Gasteiger partial charge in [0, 0.05) is 36.5 Å². The highest BCUT2D eigenvalue weighted by atomic mass is 16.6. The number of aryl methyl sites for hydroxylation is 1. The van der Waals surface area contributed by atoms with Crippen molar-refractivity contribution in [2.45, 2.75) is 12.8 Å². The maximum atomic E-state index is 12.9. The third-order valence-corrected chi connectivity index (χ3v) is 5.15. The average Bonchev–Trinajstić information content (AvgIpc) is 2.97. The van der Waals surface area contributed by atoms with Crippen molar-refractivity contribution in [1.29, 1.82) is 0 Å². The molecule has 0 unspecified atom stereocenters. The minimum atomic E-state index is -0.770. The van der Waals surface area contributed by atoms with E-state index in [1.165, 1.54) is 29.2 Å². The standard InChI is InChI=1S/C19H14N4O7/c24-17(20-7-1-2-11-8-12(22(27)28)4-6-16(11)20)10-21-18(25)14-5-3-13(23(29)30)9-15(14)19(21)26/h3-6,8-9H,1-2,7,10H2. The number of nitro groups is 2. The van der Waals surface area contributed by atoms with Crippen molar-refractivity contribution in [1.82, 2.24) is 4.90 Å². The van der Waals surface area contributed by atoms with Crippen molar-refractivity contribution in [3.05, 3.63) is 73.3 Å². The molecule has 0 saturated carbocycles. The predicted molar refractivity (Wildman–Crippen MR) is 102 cm³/mol. The molecule has 2 aromatic carbocycles. The Morgan fingerprint density at radius 3 is 2.27 bits per heavy atom. The van der Waals surface area contributed by atoms with Crippen LogP contribution >= 0.6 is 0 Å². The normalized spacial score (nSPS) is 15.1. The van der Waals surface area contributed by atoms with Crippen molar-refractivity contribution >= 4 is 34.8 Å². The molecule has 3 amide bonds. The first-order valence-corrected chi connectivity index (χ1v) is 9.00. The van der Waals surface area contributed by atoms with E-state index in [1.807, 2.05) is 0 Å². The van der Waals surface area contributed by atoms with Crippen LogP contribution in [0.3, 0.4) is 0 Å². The Bertz CT molecular complexity index is 1140. The fourth-order valence-corrected chi connectivity index (χ4v) is 3.71. The first kappa shape index (κ1) is 19.2. The Hall–Kier alpha value is -4.15. The lowest BCUT2D eigenvalue weighted by atomic mass is 10.0. The van der Waals surface area contributed by atoms with Gasteiger partial charge in [-0.05, 0) is 30.5 Å². The minimum absolute atomic E-state index is 0.00747. The first-order valence-electron chi connectivity index (χ1n) is 9.00. The molecule has 0 N–H and O–H groups in total. The SMILES string of the molecule is O=C1c2ccc([N+](=O)[O-])cc2C(=O)N1CC(=O)N1CCCc2cc([N+](=O)[O-])ccc21. The van der Waals surface area contributed by atoms with Crippen LogP contribution in [-0.4, -0.2) is 45.6 Å². The molecule has 0 fully saturated rings. The number of nitro benzene ring substituents is 2. The number of anilines is 1. The summed E-state index contributed by atoms with van der Waals surface area (Å²) in [7, 11) is 0. The third-order valence-electron chi connectivity index (χ3n) is 5.15. The van der Waals surface area contributed by atoms with Crippen LogP contribution in [0.15, 0.2) is 36.4 Å². The van der Waals surface area contributed by atoms with E-state index in [1.54, 1.807) is 0 Å². The van der Waals surface area contributed by atoms with Crippen LogP contribution in [0.2, 0.25) is 0 Å². The van der Waals surface area contributed by atoms with Crippen LogP contribution in [0.5, 0.6) is 0 Å². The zero-order valence-corrected chi connectivity index (χ0v) is 15.4. The number of benzene rings is 2. The number of fused-ring (bicyclic) bond motifs is 2. The number of rotatable bonds is 4. The van der Waals surface area contributed by atoms with E-state index in [0.29, 0.717) is 30.6 Å². The Balaban J connectivity index is 1.58. The summed E-state index contributed by atoms with van der Waals surface area (Å²) in [4.78, 5) is 60.9. The second kappa shape index (κ2) is 7.03. The van der Waals surface area contributed by atoms with Gasteiger partial charge in [-0.2, -0.15) is 0 Å². The summed E-state index contributed by atoms with van der Waals surface area (Å²) in [6, 6.07) is 7.55. The number of carbonyl (C=O) groups excluding carboxylic acids is 3. The lowest BCUT2D eigenvalue weighted by Crippen LogP contribution is -2.44. The molecule has 2 heterocycles. The lowest BCUT2D eigenvalue weighted by molar-refractivity contribution is -0.385. The number of imide groups is 1. The zero-order chi connectivity index (χ0) is 21.6. The number of nitrogens with zero attached hydrogens (tertiary/aromatic N) is 4. The second-order valence-electron chi connectivity index (χ2n) is 6.90. The maximum absolute atomic E-state index is 12.9. The van der Waals surface area contributed by atoms with Crippen LogP contribution < -0.4 is 4.90 Å². The van der Waals surface area contributed by atoms with Gasteiger partial charge in [0.15, 0.2) is 0 Å². The van der Waals surface area contributed by atoms with Gasteiger partial charge in [-0.25, -0.2) is 0 Å². The molecule has 0 radical (unpaired) electrons. The number of amides is 3. The molecule has 30 heavy (non-hydrogen) atoms. The van der Waals surface area contributed by atoms with E-state index in [2.05, 4.69) is 0 Å². The van der Waals surface area contributed by atoms with E-state index in [4.69, 9.17) is 0 Å². The fraction of sp³-hybridized carbons (Fsp3) is 0.211. The number of non-ortho nitro benzene ring substituents is 2. The highest BCUT2D eigenvalue weighted by Gasteiger charge is 2.39. The Kier molecular flexibility index (Phi) is 4.49. The first-order chi connectivity index (χ1) is 14.3. The van der Waals surface area contributed by atoms with Gasteiger partial charge >= 0.3 is 0 Å². The van der Waals surface area contributed by atoms with Crippen LogP contribution in [0.25, 0.3) is 0 Å². The van der Waals surface area contributed by atoms with Gasteiger partial charge in [0.1, 0.15) is 6.54 Å². The molecular weight excluding hydrogens is 396 g/mol. The summed E-state index contributed by atoms with van der Waals surface area (Å²) in [6.45, 7) is -0.186. The van der Waals surface area contributed by atoms with Crippen molar-refractivity contribution < 1.29 is 24.2 Å². The van der Waals surface area contributed by atoms with Crippen molar-refractivity contribution in [2.75, 3.05) is 18.0 Å². The van der Waals surface area contributed by atoms with Gasteiger partial charge < -0.3 is 4.90 Å². The van der Waals surface area contributed by atoms with Gasteiger partial charge in [-0.3, -0.25) is 39.5 Å². The number of hydrogen-bond acceptors (Lipinski definition) is 7. The third kappa shape index (κ3) is 3.05. The highest BCUT2D eigenvalue weighted by molar-refractivity contribution is 6.23. The molecule has 2 aromatic rings. The molecule has 2 aliphatic heterocycles. The van der Waals surface area contributed by atoms with Crippen LogP contribution in [0, 0.1) is 20.2 Å². The molecule has 0 bridgehead atoms. The zero-order valence-electron chi connectivity index (χ0n) is 15.4. The van der Waals surface area contributed by atoms with Gasteiger partial charge in [0.2, 0.25) is 5.91 Å². The van der Waals surface area contributed by atoms with Crippen molar-refractivity contribution in [3.8, 4) is 0 Å².